The first-order valence-electron chi connectivity index (χ1n) is 6.77. The lowest BCUT2D eigenvalue weighted by molar-refractivity contribution is -0.242. The van der Waals surface area contributed by atoms with Crippen molar-refractivity contribution in [3.05, 3.63) is 24.0 Å². The predicted octanol–water partition coefficient (Wildman–Crippen LogP) is 2.47. The molecule has 1 aliphatic carbocycles. The molecule has 0 amide bonds. The molecule has 1 atom stereocenters. The summed E-state index contributed by atoms with van der Waals surface area (Å²) >= 11 is 0. The maximum Gasteiger partial charge on any atom is 0.330 e. The van der Waals surface area contributed by atoms with Gasteiger partial charge < -0.3 is 14.2 Å². The molecule has 0 saturated carbocycles. The summed E-state index contributed by atoms with van der Waals surface area (Å²) < 4.78 is 15.7. The van der Waals surface area contributed by atoms with Gasteiger partial charge in [-0.25, -0.2) is 4.79 Å². The highest BCUT2D eigenvalue weighted by molar-refractivity contribution is 5.83. The third-order valence-electron chi connectivity index (χ3n) is 3.62. The van der Waals surface area contributed by atoms with Crippen molar-refractivity contribution >= 4 is 11.9 Å². The van der Waals surface area contributed by atoms with Crippen LogP contribution in [0, 0.1) is 5.41 Å². The number of esters is 2. The third-order valence-corrected chi connectivity index (χ3v) is 3.62. The summed E-state index contributed by atoms with van der Waals surface area (Å²) in [7, 11) is 1.32. The Balaban J connectivity index is 2.23. The number of carbonyl (C=O) groups excluding carboxylic acids is 2. The topological polar surface area (TPSA) is 61.8 Å². The van der Waals surface area contributed by atoms with Crippen molar-refractivity contribution in [1.82, 2.24) is 0 Å². The van der Waals surface area contributed by atoms with E-state index in [4.69, 9.17) is 9.47 Å². The molecular formula is C15H20O5. The average molecular weight is 280 g/mol. The van der Waals surface area contributed by atoms with Gasteiger partial charge in [0, 0.05) is 19.9 Å². The van der Waals surface area contributed by atoms with Gasteiger partial charge in [-0.15, -0.1) is 0 Å². The van der Waals surface area contributed by atoms with Crippen LogP contribution in [-0.4, -0.2) is 24.8 Å². The van der Waals surface area contributed by atoms with Gasteiger partial charge in [-0.1, -0.05) is 6.08 Å². The van der Waals surface area contributed by atoms with Gasteiger partial charge in [-0.3, -0.25) is 4.79 Å². The fourth-order valence-corrected chi connectivity index (χ4v) is 2.61. The van der Waals surface area contributed by atoms with Gasteiger partial charge in [0.15, 0.2) is 0 Å². The molecule has 0 spiro atoms. The molecule has 1 saturated heterocycles. The molecular weight excluding hydrogens is 260 g/mol. The van der Waals surface area contributed by atoms with E-state index in [1.165, 1.54) is 13.2 Å². The van der Waals surface area contributed by atoms with Crippen LogP contribution in [0.1, 0.15) is 39.5 Å². The number of cyclic esters (lactones) is 1. The van der Waals surface area contributed by atoms with Crippen LogP contribution in [0.2, 0.25) is 0 Å². The van der Waals surface area contributed by atoms with E-state index < -0.39 is 17.2 Å². The number of carbonyl (C=O) groups is 2. The standard InChI is InChI=1S/C15H20O5/c1-14(2)19-11-7-4-5-9-15(11,13(17)20-14)10-6-8-12(16)18-3/h6-8H,4-5,9-10H2,1-3H3/b8-6+. The van der Waals surface area contributed by atoms with E-state index in [-0.39, 0.29) is 5.97 Å². The SMILES string of the molecule is COC(=O)/C=C/CC12CCCC=C1OC(C)(C)OC2=O. The molecule has 1 fully saturated rings. The highest BCUT2D eigenvalue weighted by Crippen LogP contribution is 2.48. The number of fused-ring (bicyclic) bond motifs is 1. The van der Waals surface area contributed by atoms with Crippen molar-refractivity contribution in [1.29, 1.82) is 0 Å². The molecule has 1 unspecified atom stereocenters. The van der Waals surface area contributed by atoms with Gasteiger partial charge in [-0.2, -0.15) is 0 Å². The van der Waals surface area contributed by atoms with Gasteiger partial charge in [0.25, 0.3) is 0 Å². The second-order valence-electron chi connectivity index (χ2n) is 5.56. The van der Waals surface area contributed by atoms with Crippen LogP contribution in [-0.2, 0) is 23.8 Å². The van der Waals surface area contributed by atoms with Crippen molar-refractivity contribution in [2.45, 2.75) is 45.3 Å². The van der Waals surface area contributed by atoms with Crippen LogP contribution in [0.15, 0.2) is 24.0 Å². The molecule has 5 heteroatoms. The summed E-state index contributed by atoms with van der Waals surface area (Å²) in [5.41, 5.74) is -0.793. The van der Waals surface area contributed by atoms with Crippen molar-refractivity contribution in [2.75, 3.05) is 7.11 Å². The molecule has 1 heterocycles. The van der Waals surface area contributed by atoms with Crippen molar-refractivity contribution in [2.24, 2.45) is 5.41 Å². The summed E-state index contributed by atoms with van der Waals surface area (Å²) in [6, 6.07) is 0. The van der Waals surface area contributed by atoms with E-state index in [1.807, 2.05) is 6.08 Å². The molecule has 20 heavy (non-hydrogen) atoms. The molecule has 0 radical (unpaired) electrons. The Hall–Kier alpha value is -1.78. The van der Waals surface area contributed by atoms with E-state index in [0.717, 1.165) is 12.8 Å². The fourth-order valence-electron chi connectivity index (χ4n) is 2.61. The second-order valence-corrected chi connectivity index (χ2v) is 5.56. The average Bonchev–Trinajstić information content (AvgIpc) is 2.38. The summed E-state index contributed by atoms with van der Waals surface area (Å²) in [4.78, 5) is 23.5. The van der Waals surface area contributed by atoms with Crippen LogP contribution in [0.5, 0.6) is 0 Å². The van der Waals surface area contributed by atoms with Gasteiger partial charge >= 0.3 is 11.9 Å². The maximum absolute atomic E-state index is 12.4. The van der Waals surface area contributed by atoms with Gasteiger partial charge in [0.2, 0.25) is 5.79 Å². The summed E-state index contributed by atoms with van der Waals surface area (Å²) in [5.74, 6) is -0.989. The van der Waals surface area contributed by atoms with E-state index in [9.17, 15) is 9.59 Å². The molecule has 0 aromatic heterocycles. The quantitative estimate of drug-likeness (QED) is 0.587. The number of rotatable bonds is 3. The van der Waals surface area contributed by atoms with Crippen LogP contribution in [0.3, 0.4) is 0 Å². The van der Waals surface area contributed by atoms with E-state index in [2.05, 4.69) is 4.74 Å². The minimum Gasteiger partial charge on any atom is -0.466 e. The molecule has 2 rings (SSSR count). The minimum absolute atomic E-state index is 0.283. The number of hydrogen-bond donors (Lipinski definition) is 0. The molecule has 2 aliphatic rings. The fraction of sp³-hybridized carbons (Fsp3) is 0.600. The lowest BCUT2D eigenvalue weighted by Crippen LogP contribution is -2.49. The molecule has 1 aliphatic heterocycles. The molecule has 5 nitrogen and oxygen atoms in total. The Bertz CT molecular complexity index is 475. The molecule has 110 valence electrons. The van der Waals surface area contributed by atoms with Crippen LogP contribution in [0.4, 0.5) is 0 Å². The second kappa shape index (κ2) is 5.31. The Morgan fingerprint density at radius 3 is 2.90 bits per heavy atom. The lowest BCUT2D eigenvalue weighted by Gasteiger charge is -2.45. The highest BCUT2D eigenvalue weighted by Gasteiger charge is 2.52. The van der Waals surface area contributed by atoms with Crippen LogP contribution < -0.4 is 0 Å². The monoisotopic (exact) mass is 280 g/mol. The zero-order valence-electron chi connectivity index (χ0n) is 12.1. The van der Waals surface area contributed by atoms with Gasteiger partial charge in [-0.05, 0) is 31.8 Å². The van der Waals surface area contributed by atoms with Crippen LogP contribution in [0.25, 0.3) is 0 Å². The summed E-state index contributed by atoms with van der Waals surface area (Å²) in [6.45, 7) is 3.43. The van der Waals surface area contributed by atoms with Gasteiger partial charge in [0.05, 0.1) is 7.11 Å². The van der Waals surface area contributed by atoms with Crippen molar-refractivity contribution in [3.63, 3.8) is 0 Å². The highest BCUT2D eigenvalue weighted by atomic mass is 16.7. The maximum atomic E-state index is 12.4. The lowest BCUT2D eigenvalue weighted by atomic mass is 9.73. The molecule has 0 N–H and O–H groups in total. The van der Waals surface area contributed by atoms with Crippen molar-refractivity contribution in [3.8, 4) is 0 Å². The smallest absolute Gasteiger partial charge is 0.330 e. The van der Waals surface area contributed by atoms with Crippen molar-refractivity contribution < 1.29 is 23.8 Å². The Kier molecular flexibility index (Phi) is 3.88. The first-order chi connectivity index (χ1) is 9.39. The largest absolute Gasteiger partial charge is 0.466 e. The Morgan fingerprint density at radius 1 is 1.45 bits per heavy atom. The van der Waals surface area contributed by atoms with E-state index in [1.54, 1.807) is 19.9 Å². The molecule has 0 aromatic carbocycles. The van der Waals surface area contributed by atoms with Crippen LogP contribution >= 0.6 is 0 Å². The number of methoxy groups -OCH3 is 1. The summed E-state index contributed by atoms with van der Waals surface area (Å²) in [6.07, 6.45) is 7.76. The number of ether oxygens (including phenoxy) is 3. The summed E-state index contributed by atoms with van der Waals surface area (Å²) in [5, 5.41) is 0. The zero-order chi connectivity index (χ0) is 14.8. The first kappa shape index (κ1) is 14.6. The predicted molar refractivity (Wildman–Crippen MR) is 71.4 cm³/mol. The number of hydrogen-bond acceptors (Lipinski definition) is 5. The first-order valence-corrected chi connectivity index (χ1v) is 6.77. The van der Waals surface area contributed by atoms with Gasteiger partial charge in [0.1, 0.15) is 11.2 Å². The zero-order valence-corrected chi connectivity index (χ0v) is 12.1. The molecule has 0 bridgehead atoms. The Morgan fingerprint density at radius 2 is 2.20 bits per heavy atom. The number of allylic oxidation sites excluding steroid dienone is 2. The third kappa shape index (κ3) is 2.71. The Labute approximate surface area is 118 Å². The van der Waals surface area contributed by atoms with E-state index >= 15 is 0 Å². The minimum atomic E-state index is -0.935. The van der Waals surface area contributed by atoms with E-state index in [0.29, 0.717) is 18.6 Å². The normalized spacial score (nSPS) is 28.1. The molecule has 0 aromatic rings.